The smallest absolute Gasteiger partial charge is 0.227 e. The van der Waals surface area contributed by atoms with Crippen LogP contribution in [0.4, 0.5) is 0 Å². The van der Waals surface area contributed by atoms with Gasteiger partial charge in [-0.05, 0) is 43.2 Å². The summed E-state index contributed by atoms with van der Waals surface area (Å²) in [7, 11) is 0. The second kappa shape index (κ2) is 5.74. The highest BCUT2D eigenvalue weighted by molar-refractivity contribution is 5.84. The van der Waals surface area contributed by atoms with E-state index in [1.165, 1.54) is 24.0 Å². The van der Waals surface area contributed by atoms with E-state index in [9.17, 15) is 4.79 Å². The lowest BCUT2D eigenvalue weighted by Gasteiger charge is -2.24. The van der Waals surface area contributed by atoms with Gasteiger partial charge in [0.1, 0.15) is 0 Å². The van der Waals surface area contributed by atoms with Gasteiger partial charge >= 0.3 is 0 Å². The summed E-state index contributed by atoms with van der Waals surface area (Å²) in [6.45, 7) is 1.64. The molecule has 0 aromatic heterocycles. The Morgan fingerprint density at radius 1 is 1.16 bits per heavy atom. The van der Waals surface area contributed by atoms with Crippen molar-refractivity contribution in [3.05, 3.63) is 35.4 Å². The van der Waals surface area contributed by atoms with Crippen LogP contribution in [0.1, 0.15) is 42.7 Å². The maximum Gasteiger partial charge on any atom is 0.227 e. The maximum atomic E-state index is 12.3. The van der Waals surface area contributed by atoms with E-state index >= 15 is 0 Å². The normalized spacial score (nSPS) is 21.8. The van der Waals surface area contributed by atoms with Crippen LogP contribution in [0.5, 0.6) is 0 Å². The first kappa shape index (κ1) is 12.7. The summed E-state index contributed by atoms with van der Waals surface area (Å²) in [5.74, 6) is 0.260. The van der Waals surface area contributed by atoms with Crippen molar-refractivity contribution in [1.82, 2.24) is 10.6 Å². The molecule has 2 aliphatic carbocycles. The van der Waals surface area contributed by atoms with E-state index in [-0.39, 0.29) is 11.8 Å². The maximum absolute atomic E-state index is 12.3. The molecule has 1 aromatic rings. The highest BCUT2D eigenvalue weighted by Crippen LogP contribution is 2.31. The molecule has 19 heavy (non-hydrogen) atoms. The summed E-state index contributed by atoms with van der Waals surface area (Å²) in [5.41, 5.74) is 2.59. The van der Waals surface area contributed by atoms with Gasteiger partial charge in [-0.3, -0.25) is 4.79 Å². The molecule has 1 amide bonds. The third-order valence-corrected chi connectivity index (χ3v) is 4.12. The molecule has 0 spiro atoms. The van der Waals surface area contributed by atoms with Crippen molar-refractivity contribution in [1.29, 1.82) is 0 Å². The molecule has 0 radical (unpaired) electrons. The summed E-state index contributed by atoms with van der Waals surface area (Å²) in [6.07, 6.45) is 5.81. The Bertz CT molecular complexity index is 454. The van der Waals surface area contributed by atoms with Gasteiger partial charge in [0, 0.05) is 19.1 Å². The lowest BCUT2D eigenvalue weighted by atomic mass is 9.82. The van der Waals surface area contributed by atoms with E-state index in [4.69, 9.17) is 0 Å². The second-order valence-electron chi connectivity index (χ2n) is 5.66. The van der Waals surface area contributed by atoms with E-state index in [1.54, 1.807) is 0 Å². The van der Waals surface area contributed by atoms with Crippen molar-refractivity contribution < 1.29 is 4.79 Å². The van der Waals surface area contributed by atoms with Crippen molar-refractivity contribution in [2.75, 3.05) is 13.1 Å². The van der Waals surface area contributed by atoms with Gasteiger partial charge < -0.3 is 10.6 Å². The first-order valence-corrected chi connectivity index (χ1v) is 7.43. The number of fused-ring (bicyclic) bond motifs is 1. The highest BCUT2D eigenvalue weighted by atomic mass is 16.1. The third kappa shape index (κ3) is 3.16. The van der Waals surface area contributed by atoms with Crippen molar-refractivity contribution in [2.45, 2.75) is 44.1 Å². The molecule has 102 valence electrons. The number of aryl methyl sites for hydroxylation is 1. The first-order chi connectivity index (χ1) is 9.34. The number of benzene rings is 1. The van der Waals surface area contributed by atoms with Crippen LogP contribution in [-0.4, -0.2) is 25.0 Å². The molecule has 0 saturated heterocycles. The topological polar surface area (TPSA) is 41.1 Å². The third-order valence-electron chi connectivity index (χ3n) is 4.12. The fourth-order valence-electron chi connectivity index (χ4n) is 2.90. The van der Waals surface area contributed by atoms with Crippen LogP contribution in [0.25, 0.3) is 0 Å². The molecular weight excluding hydrogens is 236 g/mol. The van der Waals surface area contributed by atoms with E-state index in [0.29, 0.717) is 6.04 Å². The molecule has 1 unspecified atom stereocenters. The Labute approximate surface area is 114 Å². The number of rotatable bonds is 5. The fraction of sp³-hybridized carbons (Fsp3) is 0.562. The molecule has 2 aliphatic rings. The van der Waals surface area contributed by atoms with E-state index in [1.807, 2.05) is 6.07 Å². The highest BCUT2D eigenvalue weighted by Gasteiger charge is 2.26. The number of hydrogen-bond donors (Lipinski definition) is 2. The Kier molecular flexibility index (Phi) is 3.83. The average Bonchev–Trinajstić information content (AvgIpc) is 3.27. The number of nitrogens with one attached hydrogen (secondary N) is 2. The fourth-order valence-corrected chi connectivity index (χ4v) is 2.90. The van der Waals surface area contributed by atoms with E-state index in [0.717, 1.165) is 32.4 Å². The van der Waals surface area contributed by atoms with Crippen molar-refractivity contribution in [3.63, 3.8) is 0 Å². The van der Waals surface area contributed by atoms with E-state index < -0.39 is 0 Å². The largest absolute Gasteiger partial charge is 0.354 e. The summed E-state index contributed by atoms with van der Waals surface area (Å²) >= 11 is 0. The van der Waals surface area contributed by atoms with Gasteiger partial charge in [0.2, 0.25) is 5.91 Å². The molecule has 0 bridgehead atoms. The lowest BCUT2D eigenvalue weighted by Crippen LogP contribution is -2.36. The zero-order valence-corrected chi connectivity index (χ0v) is 11.3. The second-order valence-corrected chi connectivity index (χ2v) is 5.66. The first-order valence-electron chi connectivity index (χ1n) is 7.43. The summed E-state index contributed by atoms with van der Waals surface area (Å²) < 4.78 is 0. The molecule has 1 atom stereocenters. The molecule has 3 heteroatoms. The summed E-state index contributed by atoms with van der Waals surface area (Å²) in [6, 6.07) is 9.09. The Morgan fingerprint density at radius 2 is 2.00 bits per heavy atom. The minimum Gasteiger partial charge on any atom is -0.354 e. The van der Waals surface area contributed by atoms with Crippen molar-refractivity contribution >= 4 is 5.91 Å². The van der Waals surface area contributed by atoms with E-state index in [2.05, 4.69) is 28.8 Å². The van der Waals surface area contributed by atoms with Crippen LogP contribution in [0.2, 0.25) is 0 Å². The van der Waals surface area contributed by atoms with Gasteiger partial charge in [-0.15, -0.1) is 0 Å². The van der Waals surface area contributed by atoms with Crippen LogP contribution < -0.4 is 10.6 Å². The average molecular weight is 258 g/mol. The van der Waals surface area contributed by atoms with Crippen molar-refractivity contribution in [2.24, 2.45) is 0 Å². The van der Waals surface area contributed by atoms with Gasteiger partial charge in [0.15, 0.2) is 0 Å². The molecule has 1 saturated carbocycles. The quantitative estimate of drug-likeness (QED) is 0.793. The molecule has 3 rings (SSSR count). The number of hydrogen-bond acceptors (Lipinski definition) is 2. The lowest BCUT2D eigenvalue weighted by molar-refractivity contribution is -0.122. The molecule has 0 aliphatic heterocycles. The SMILES string of the molecule is O=C(NCCNC1CC1)C1CCCc2ccccc21. The van der Waals surface area contributed by atoms with Gasteiger partial charge in [-0.1, -0.05) is 24.3 Å². The molecule has 1 fully saturated rings. The zero-order chi connectivity index (χ0) is 13.1. The molecule has 1 aromatic carbocycles. The van der Waals surface area contributed by atoms with Gasteiger partial charge in [0.05, 0.1) is 5.92 Å². The Hall–Kier alpha value is -1.35. The summed E-state index contributed by atoms with van der Waals surface area (Å²) in [4.78, 5) is 12.3. The number of amides is 1. The zero-order valence-electron chi connectivity index (χ0n) is 11.3. The molecule has 0 heterocycles. The van der Waals surface area contributed by atoms with Crippen LogP contribution in [0.15, 0.2) is 24.3 Å². The molecule has 2 N–H and O–H groups in total. The van der Waals surface area contributed by atoms with Crippen LogP contribution >= 0.6 is 0 Å². The monoisotopic (exact) mass is 258 g/mol. The number of carbonyl (C=O) groups is 1. The van der Waals surface area contributed by atoms with Crippen LogP contribution in [-0.2, 0) is 11.2 Å². The summed E-state index contributed by atoms with van der Waals surface area (Å²) in [5, 5.41) is 6.49. The molecular formula is C16H22N2O. The number of carbonyl (C=O) groups excluding carboxylic acids is 1. The van der Waals surface area contributed by atoms with Crippen molar-refractivity contribution in [3.8, 4) is 0 Å². The Morgan fingerprint density at radius 3 is 2.84 bits per heavy atom. The minimum atomic E-state index is 0.0610. The Balaban J connectivity index is 1.54. The van der Waals surface area contributed by atoms with Crippen LogP contribution in [0, 0.1) is 0 Å². The predicted molar refractivity (Wildman–Crippen MR) is 76.2 cm³/mol. The minimum absolute atomic E-state index is 0.0610. The van der Waals surface area contributed by atoms with Gasteiger partial charge in [-0.2, -0.15) is 0 Å². The predicted octanol–water partition coefficient (Wildman–Crippen LogP) is 1.97. The molecule has 3 nitrogen and oxygen atoms in total. The van der Waals surface area contributed by atoms with Gasteiger partial charge in [0.25, 0.3) is 0 Å². The standard InChI is InChI=1S/C16H22N2O/c19-16(18-11-10-17-13-8-9-13)15-7-3-5-12-4-1-2-6-14(12)15/h1-2,4,6,13,15,17H,3,5,7-11H2,(H,18,19). The van der Waals surface area contributed by atoms with Gasteiger partial charge in [-0.25, -0.2) is 0 Å². The van der Waals surface area contributed by atoms with Crippen LogP contribution in [0.3, 0.4) is 0 Å².